The van der Waals surface area contributed by atoms with Crippen molar-refractivity contribution in [3.63, 3.8) is 0 Å². The van der Waals surface area contributed by atoms with Gasteiger partial charge in [-0.05, 0) is 138 Å². The summed E-state index contributed by atoms with van der Waals surface area (Å²) in [7, 11) is -2.99. The quantitative estimate of drug-likeness (QED) is 0.161. The molecule has 2 aliphatic heterocycles. The van der Waals surface area contributed by atoms with Gasteiger partial charge < -0.3 is 20.6 Å². The Kier molecular flexibility index (Phi) is 10.5. The van der Waals surface area contributed by atoms with E-state index in [9.17, 15) is 36.3 Å². The summed E-state index contributed by atoms with van der Waals surface area (Å²) in [5, 5.41) is 17.1. The van der Waals surface area contributed by atoms with Crippen LogP contribution in [0.2, 0.25) is 0 Å². The van der Waals surface area contributed by atoms with Crippen LogP contribution < -0.4 is 21.5 Å². The van der Waals surface area contributed by atoms with E-state index in [-0.39, 0.29) is 62.1 Å². The summed E-state index contributed by atoms with van der Waals surface area (Å²) < 4.78 is 65.8. The molecule has 0 unspecified atom stereocenters. The molecular weight excluding hydrogens is 816 g/mol. The molecule has 9 rings (SSSR count). The number of aromatic carboxylic acids is 1. The molecule has 5 aliphatic carbocycles. The highest BCUT2D eigenvalue weighted by Crippen LogP contribution is 2.76. The molecule has 7 aliphatic rings. The minimum absolute atomic E-state index is 0.00703. The maximum Gasteiger partial charge on any atom is 0.426 e. The average Bonchev–Trinajstić information content (AvgIpc) is 3.97. The molecule has 0 bridgehead atoms. The predicted molar refractivity (Wildman–Crippen MR) is 233 cm³/mol. The summed E-state index contributed by atoms with van der Waals surface area (Å²) in [6, 6.07) is 13.0. The number of benzene rings is 2. The van der Waals surface area contributed by atoms with Gasteiger partial charge in [0.15, 0.2) is 9.84 Å². The summed E-state index contributed by atoms with van der Waals surface area (Å²) in [5.74, 6) is 0.595. The molecule has 0 spiro atoms. The number of nitrogens with zero attached hydrogens (tertiary/aromatic N) is 1. The Hall–Kier alpha value is -3.30. The first-order valence-electron chi connectivity index (χ1n) is 22.8. The van der Waals surface area contributed by atoms with Crippen LogP contribution >= 0.6 is 0 Å². The third kappa shape index (κ3) is 6.81. The van der Waals surface area contributed by atoms with Crippen molar-refractivity contribution in [1.82, 2.24) is 26.4 Å². The van der Waals surface area contributed by atoms with Crippen molar-refractivity contribution in [2.45, 2.75) is 116 Å². The molecule has 1 amide bonds. The van der Waals surface area contributed by atoms with Gasteiger partial charge in [0.25, 0.3) is 5.91 Å². The van der Waals surface area contributed by atoms with Crippen LogP contribution in [-0.2, 0) is 15.5 Å². The van der Waals surface area contributed by atoms with E-state index < -0.39 is 27.6 Å². The highest BCUT2D eigenvalue weighted by atomic mass is 32.2. The molecule has 2 aromatic rings. The SMILES string of the molecule is CC1(C)C(c2ccc(C(=O)O)cc2)=CC[C@]2(C)[C@H]3CC[C@@H]4[C@H]5[C@H](NC(=O)c6ccc(C7(C(F)(F)F)NN7)cc6)CC[C@]5(NCCN5CCS(=O)(=O)CC5)CC[C@@]4(C)[C@]3(C)CC[C@@H]12. The minimum atomic E-state index is -4.53. The smallest absolute Gasteiger partial charge is 0.426 e. The van der Waals surface area contributed by atoms with Crippen LogP contribution in [0.25, 0.3) is 5.57 Å². The fourth-order valence-electron chi connectivity index (χ4n) is 15.0. The number of carbonyl (C=O) groups is 2. The lowest BCUT2D eigenvalue weighted by Gasteiger charge is -2.72. The number of alkyl halides is 3. The zero-order valence-corrected chi connectivity index (χ0v) is 37.6. The van der Waals surface area contributed by atoms with Crippen molar-refractivity contribution in [1.29, 1.82) is 0 Å². The van der Waals surface area contributed by atoms with Gasteiger partial charge in [0.1, 0.15) is 0 Å². The number of fused-ring (bicyclic) bond motifs is 7. The number of allylic oxidation sites excluding steroid dienone is 2. The molecule has 2 saturated heterocycles. The Morgan fingerprint density at radius 2 is 1.48 bits per heavy atom. The highest BCUT2D eigenvalue weighted by Gasteiger charge is 2.71. The topological polar surface area (TPSA) is 160 Å². The normalized spacial score (nSPS) is 38.1. The summed E-state index contributed by atoms with van der Waals surface area (Å²) in [4.78, 5) is 28.0. The lowest BCUT2D eigenvalue weighted by Crippen LogP contribution is -2.69. The number of hydrogen-bond acceptors (Lipinski definition) is 8. The molecule has 2 aromatic carbocycles. The molecule has 10 nitrogen and oxygen atoms in total. The monoisotopic (exact) mass is 879 g/mol. The van der Waals surface area contributed by atoms with Gasteiger partial charge >= 0.3 is 12.1 Å². The first-order chi connectivity index (χ1) is 29.1. The Bertz CT molecular complexity index is 2230. The predicted octanol–water partition coefficient (Wildman–Crippen LogP) is 7.54. The number of amides is 1. The number of carbonyl (C=O) groups excluding carboxylic acids is 1. The fraction of sp³-hybridized carbons (Fsp3) is 0.667. The lowest BCUT2D eigenvalue weighted by atomic mass is 9.33. The van der Waals surface area contributed by atoms with Crippen LogP contribution in [0, 0.1) is 45.3 Å². The number of hydrazine groups is 1. The van der Waals surface area contributed by atoms with Gasteiger partial charge in [-0.15, -0.1) is 0 Å². The van der Waals surface area contributed by atoms with Crippen molar-refractivity contribution in [3.05, 3.63) is 76.9 Å². The van der Waals surface area contributed by atoms with Crippen molar-refractivity contribution in [2.24, 2.45) is 45.3 Å². The van der Waals surface area contributed by atoms with Crippen LogP contribution in [0.4, 0.5) is 13.2 Å². The highest BCUT2D eigenvalue weighted by molar-refractivity contribution is 7.91. The van der Waals surface area contributed by atoms with Gasteiger partial charge in [-0.2, -0.15) is 13.2 Å². The Morgan fingerprint density at radius 1 is 0.823 bits per heavy atom. The third-order valence-electron chi connectivity index (χ3n) is 18.5. The van der Waals surface area contributed by atoms with Gasteiger partial charge in [-0.25, -0.2) is 24.1 Å². The van der Waals surface area contributed by atoms with E-state index in [4.69, 9.17) is 0 Å². The summed E-state index contributed by atoms with van der Waals surface area (Å²) in [5.41, 5.74) is 5.02. The summed E-state index contributed by atoms with van der Waals surface area (Å²) in [6.07, 6.45) is 6.99. The average molecular weight is 880 g/mol. The number of halogens is 3. The van der Waals surface area contributed by atoms with Crippen molar-refractivity contribution in [3.8, 4) is 0 Å². The molecule has 4 saturated carbocycles. The standard InChI is InChI=1S/C48H64F3N5O5S/c1-42(2)34(30-6-8-32(9-7-30)41(58)59)16-19-43(3)37(42)18-20-45(5)38(43)15-14-35-39-36(53-40(57)31-10-12-33(13-11-31)47(54-55-47)48(49,50)51)17-21-46(39,23-22-44(35,45)4)52-24-25-56-26-28-62(60,61)29-27-56/h6-13,16,35-39,52,54-55H,14-15,17-29H2,1-5H3,(H,53,57)(H,58,59)/t35-,36-,37+,38-,39+,43+,44-,45-,46+/m1/s1. The van der Waals surface area contributed by atoms with Crippen LogP contribution in [0.1, 0.15) is 124 Å². The molecule has 5 N–H and O–H groups in total. The second kappa shape index (κ2) is 14.9. The zero-order chi connectivity index (χ0) is 44.3. The molecule has 9 atom stereocenters. The molecular formula is C48H64F3N5O5S. The number of sulfone groups is 1. The molecule has 6 fully saturated rings. The van der Waals surface area contributed by atoms with Crippen LogP contribution in [-0.4, -0.2) is 85.7 Å². The van der Waals surface area contributed by atoms with E-state index in [0.29, 0.717) is 42.0 Å². The molecule has 62 heavy (non-hydrogen) atoms. The lowest BCUT2D eigenvalue weighted by molar-refractivity contribution is -0.218. The number of carboxylic acid groups (broad SMARTS) is 1. The van der Waals surface area contributed by atoms with E-state index in [0.717, 1.165) is 76.4 Å². The van der Waals surface area contributed by atoms with Crippen LogP contribution in [0.15, 0.2) is 54.6 Å². The van der Waals surface area contributed by atoms with E-state index in [1.165, 1.54) is 29.8 Å². The van der Waals surface area contributed by atoms with Crippen molar-refractivity contribution >= 4 is 27.3 Å². The van der Waals surface area contributed by atoms with Gasteiger partial charge in [0.2, 0.25) is 5.66 Å². The third-order valence-corrected chi connectivity index (χ3v) is 20.1. The Morgan fingerprint density at radius 3 is 2.11 bits per heavy atom. The molecule has 0 aromatic heterocycles. The second-order valence-corrected chi connectivity index (χ2v) is 23.7. The fourth-order valence-corrected chi connectivity index (χ4v) is 16.3. The van der Waals surface area contributed by atoms with Crippen LogP contribution in [0.5, 0.6) is 0 Å². The number of carboxylic acids is 1. The molecule has 14 heteroatoms. The summed E-state index contributed by atoms with van der Waals surface area (Å²) in [6.45, 7) is 15.0. The maximum absolute atomic E-state index is 14.1. The first-order valence-corrected chi connectivity index (χ1v) is 24.7. The van der Waals surface area contributed by atoms with Crippen molar-refractivity contribution < 1.29 is 36.3 Å². The van der Waals surface area contributed by atoms with Gasteiger partial charge in [-0.3, -0.25) is 4.79 Å². The zero-order valence-electron chi connectivity index (χ0n) is 36.8. The Balaban J connectivity index is 0.991. The Labute approximate surface area is 364 Å². The molecule has 338 valence electrons. The number of nitrogens with one attached hydrogen (secondary N) is 4. The van der Waals surface area contributed by atoms with Crippen LogP contribution in [0.3, 0.4) is 0 Å². The first kappa shape index (κ1) is 43.9. The minimum Gasteiger partial charge on any atom is -0.478 e. The van der Waals surface area contributed by atoms with E-state index in [1.54, 1.807) is 12.1 Å². The summed E-state index contributed by atoms with van der Waals surface area (Å²) >= 11 is 0. The number of rotatable bonds is 9. The van der Waals surface area contributed by atoms with Crippen molar-refractivity contribution in [2.75, 3.05) is 37.7 Å². The van der Waals surface area contributed by atoms with Gasteiger partial charge in [-0.1, -0.05) is 65.0 Å². The largest absolute Gasteiger partial charge is 0.478 e. The molecule has 0 radical (unpaired) electrons. The van der Waals surface area contributed by atoms with E-state index in [2.05, 4.69) is 67.1 Å². The van der Waals surface area contributed by atoms with Gasteiger partial charge in [0.05, 0.1) is 17.1 Å². The van der Waals surface area contributed by atoms with E-state index >= 15 is 0 Å². The second-order valence-electron chi connectivity index (χ2n) is 21.4. The van der Waals surface area contributed by atoms with E-state index in [1.807, 2.05) is 12.1 Å². The van der Waals surface area contributed by atoms with Gasteiger partial charge in [0, 0.05) is 49.2 Å². The molecule has 2 heterocycles. The maximum atomic E-state index is 14.1. The number of hydrogen-bond donors (Lipinski definition) is 5.